The van der Waals surface area contributed by atoms with Crippen LogP contribution in [-0.2, 0) is 0 Å². The van der Waals surface area contributed by atoms with E-state index in [2.05, 4.69) is 9.97 Å². The normalized spacial score (nSPS) is 10.1. The van der Waals surface area contributed by atoms with Gasteiger partial charge in [-0.15, -0.1) is 0 Å². The van der Waals surface area contributed by atoms with Crippen LogP contribution < -0.4 is 5.73 Å². The molecule has 0 saturated carbocycles. The molecule has 3 nitrogen and oxygen atoms in total. The molecule has 4 heteroatoms. The largest absolute Gasteiger partial charge is 0.396 e. The molecule has 0 radical (unpaired) electrons. The number of aromatic nitrogens is 2. The molecule has 0 atom stereocenters. The number of anilines is 1. The predicted octanol–water partition coefficient (Wildman–Crippen LogP) is 1.86. The van der Waals surface area contributed by atoms with Gasteiger partial charge in [-0.25, -0.2) is 14.4 Å². The van der Waals surface area contributed by atoms with Gasteiger partial charge in [-0.1, -0.05) is 0 Å². The lowest BCUT2D eigenvalue weighted by Crippen LogP contribution is -1.94. The van der Waals surface area contributed by atoms with Gasteiger partial charge in [0.1, 0.15) is 12.1 Å². The molecule has 2 rings (SSSR count). The Bertz CT molecular complexity index is 439. The SMILES string of the molecule is Nc1cncnc1-c1ccc(F)cc1. The molecule has 14 heavy (non-hydrogen) atoms. The summed E-state index contributed by atoms with van der Waals surface area (Å²) in [7, 11) is 0. The van der Waals surface area contributed by atoms with Gasteiger partial charge in [-0.3, -0.25) is 0 Å². The number of nitrogens with zero attached hydrogens (tertiary/aromatic N) is 2. The second kappa shape index (κ2) is 3.41. The number of hydrogen-bond acceptors (Lipinski definition) is 3. The van der Waals surface area contributed by atoms with Gasteiger partial charge < -0.3 is 5.73 Å². The molecule has 2 N–H and O–H groups in total. The van der Waals surface area contributed by atoms with Crippen LogP contribution in [0.1, 0.15) is 0 Å². The van der Waals surface area contributed by atoms with Gasteiger partial charge in [-0.05, 0) is 24.3 Å². The highest BCUT2D eigenvalue weighted by atomic mass is 19.1. The fraction of sp³-hybridized carbons (Fsp3) is 0. The van der Waals surface area contributed by atoms with Crippen molar-refractivity contribution < 1.29 is 4.39 Å². The van der Waals surface area contributed by atoms with Crippen molar-refractivity contribution in [2.45, 2.75) is 0 Å². The van der Waals surface area contributed by atoms with Crippen LogP contribution in [0.5, 0.6) is 0 Å². The minimum Gasteiger partial charge on any atom is -0.396 e. The lowest BCUT2D eigenvalue weighted by molar-refractivity contribution is 0.628. The van der Waals surface area contributed by atoms with Gasteiger partial charge in [0.15, 0.2) is 0 Å². The van der Waals surface area contributed by atoms with Gasteiger partial charge in [0.05, 0.1) is 17.6 Å². The molecule has 0 bridgehead atoms. The summed E-state index contributed by atoms with van der Waals surface area (Å²) in [5, 5.41) is 0. The highest BCUT2D eigenvalue weighted by molar-refractivity contribution is 5.71. The number of hydrogen-bond donors (Lipinski definition) is 1. The first-order valence-electron chi connectivity index (χ1n) is 4.09. The molecule has 2 aromatic rings. The third-order valence-corrected chi connectivity index (χ3v) is 1.86. The quantitative estimate of drug-likeness (QED) is 0.744. The standard InChI is InChI=1S/C10H8FN3/c11-8-3-1-7(2-4-8)10-9(12)5-13-6-14-10/h1-6H,12H2. The van der Waals surface area contributed by atoms with E-state index < -0.39 is 0 Å². The average molecular weight is 189 g/mol. The maximum Gasteiger partial charge on any atom is 0.123 e. The van der Waals surface area contributed by atoms with E-state index in [1.54, 1.807) is 12.1 Å². The molecular formula is C10H8FN3. The Kier molecular flexibility index (Phi) is 2.10. The highest BCUT2D eigenvalue weighted by Gasteiger charge is 2.03. The first kappa shape index (κ1) is 8.62. The Morgan fingerprint density at radius 1 is 1.14 bits per heavy atom. The van der Waals surface area contributed by atoms with Gasteiger partial charge in [0.25, 0.3) is 0 Å². The Labute approximate surface area is 80.4 Å². The molecule has 1 aromatic carbocycles. The van der Waals surface area contributed by atoms with E-state index in [1.165, 1.54) is 24.7 Å². The molecule has 1 heterocycles. The topological polar surface area (TPSA) is 51.8 Å². The number of nitrogens with two attached hydrogens (primary N) is 1. The van der Waals surface area contributed by atoms with Crippen molar-refractivity contribution in [3.63, 3.8) is 0 Å². The van der Waals surface area contributed by atoms with Crippen LogP contribution in [0.2, 0.25) is 0 Å². The number of rotatable bonds is 1. The van der Waals surface area contributed by atoms with Crippen molar-refractivity contribution in [1.29, 1.82) is 0 Å². The average Bonchev–Trinajstić information content (AvgIpc) is 2.20. The summed E-state index contributed by atoms with van der Waals surface area (Å²) in [6.07, 6.45) is 2.93. The summed E-state index contributed by atoms with van der Waals surface area (Å²) < 4.78 is 12.6. The third kappa shape index (κ3) is 1.54. The summed E-state index contributed by atoms with van der Waals surface area (Å²) in [4.78, 5) is 7.80. The minimum atomic E-state index is -0.277. The van der Waals surface area contributed by atoms with Crippen LogP contribution in [0.15, 0.2) is 36.8 Å². The van der Waals surface area contributed by atoms with Crippen molar-refractivity contribution in [2.75, 3.05) is 5.73 Å². The Hall–Kier alpha value is -1.97. The van der Waals surface area contributed by atoms with Crippen molar-refractivity contribution >= 4 is 5.69 Å². The zero-order valence-corrected chi connectivity index (χ0v) is 7.31. The molecule has 1 aromatic heterocycles. The lowest BCUT2D eigenvalue weighted by Gasteiger charge is -2.02. The maximum atomic E-state index is 12.6. The molecule has 0 saturated heterocycles. The van der Waals surface area contributed by atoms with E-state index in [0.717, 1.165) is 5.56 Å². The van der Waals surface area contributed by atoms with Crippen molar-refractivity contribution in [2.24, 2.45) is 0 Å². The molecule has 0 amide bonds. The first-order valence-corrected chi connectivity index (χ1v) is 4.09. The van der Waals surface area contributed by atoms with Crippen molar-refractivity contribution in [3.05, 3.63) is 42.6 Å². The second-order valence-corrected chi connectivity index (χ2v) is 2.83. The van der Waals surface area contributed by atoms with Crippen LogP contribution in [0.3, 0.4) is 0 Å². The van der Waals surface area contributed by atoms with Crippen LogP contribution in [0, 0.1) is 5.82 Å². The fourth-order valence-corrected chi connectivity index (χ4v) is 1.19. The molecule has 0 fully saturated rings. The molecule has 0 aliphatic rings. The molecule has 0 spiro atoms. The van der Waals surface area contributed by atoms with Gasteiger partial charge in [0, 0.05) is 5.56 Å². The van der Waals surface area contributed by atoms with Crippen molar-refractivity contribution in [3.8, 4) is 11.3 Å². The zero-order chi connectivity index (χ0) is 9.97. The summed E-state index contributed by atoms with van der Waals surface area (Å²) in [6.45, 7) is 0. The van der Waals surface area contributed by atoms with Gasteiger partial charge in [0.2, 0.25) is 0 Å². The number of benzene rings is 1. The molecule has 70 valence electrons. The van der Waals surface area contributed by atoms with Crippen LogP contribution in [0.4, 0.5) is 10.1 Å². The van der Waals surface area contributed by atoms with Crippen LogP contribution in [-0.4, -0.2) is 9.97 Å². The summed E-state index contributed by atoms with van der Waals surface area (Å²) in [6, 6.07) is 6.01. The fourth-order valence-electron chi connectivity index (χ4n) is 1.19. The van der Waals surface area contributed by atoms with Crippen LogP contribution >= 0.6 is 0 Å². The molecule has 0 unspecified atom stereocenters. The van der Waals surface area contributed by atoms with E-state index in [-0.39, 0.29) is 5.82 Å². The summed E-state index contributed by atoms with van der Waals surface area (Å²) >= 11 is 0. The number of nitrogen functional groups attached to an aromatic ring is 1. The third-order valence-electron chi connectivity index (χ3n) is 1.86. The summed E-state index contributed by atoms with van der Waals surface area (Å²) in [5.41, 5.74) is 7.57. The smallest absolute Gasteiger partial charge is 0.123 e. The van der Waals surface area contributed by atoms with E-state index in [1.807, 2.05) is 0 Å². The second-order valence-electron chi connectivity index (χ2n) is 2.83. The van der Waals surface area contributed by atoms with Gasteiger partial charge in [-0.2, -0.15) is 0 Å². The Morgan fingerprint density at radius 3 is 2.50 bits per heavy atom. The predicted molar refractivity (Wildman–Crippen MR) is 51.8 cm³/mol. The zero-order valence-electron chi connectivity index (χ0n) is 7.31. The Balaban J connectivity index is 2.50. The minimum absolute atomic E-state index is 0.277. The molecular weight excluding hydrogens is 181 g/mol. The number of halogens is 1. The van der Waals surface area contributed by atoms with Crippen LogP contribution in [0.25, 0.3) is 11.3 Å². The monoisotopic (exact) mass is 189 g/mol. The van der Waals surface area contributed by atoms with Crippen molar-refractivity contribution in [1.82, 2.24) is 9.97 Å². The van der Waals surface area contributed by atoms with Gasteiger partial charge >= 0.3 is 0 Å². The van der Waals surface area contributed by atoms with E-state index in [4.69, 9.17) is 5.73 Å². The highest BCUT2D eigenvalue weighted by Crippen LogP contribution is 2.21. The molecule has 0 aliphatic carbocycles. The Morgan fingerprint density at radius 2 is 1.86 bits per heavy atom. The molecule has 0 aliphatic heterocycles. The van der Waals surface area contributed by atoms with E-state index in [0.29, 0.717) is 11.4 Å². The van der Waals surface area contributed by atoms with E-state index >= 15 is 0 Å². The first-order chi connectivity index (χ1) is 6.77. The lowest BCUT2D eigenvalue weighted by atomic mass is 10.1. The summed E-state index contributed by atoms with van der Waals surface area (Å²) in [5.74, 6) is -0.277. The van der Waals surface area contributed by atoms with E-state index in [9.17, 15) is 4.39 Å². The maximum absolute atomic E-state index is 12.6.